The van der Waals surface area contributed by atoms with Crippen LogP contribution in [-0.4, -0.2) is 31.3 Å². The van der Waals surface area contributed by atoms with E-state index in [1.165, 1.54) is 23.5 Å². The molecule has 0 aliphatic carbocycles. The van der Waals surface area contributed by atoms with Crippen LogP contribution in [0.2, 0.25) is 0 Å². The van der Waals surface area contributed by atoms with Crippen LogP contribution in [0, 0.1) is 5.82 Å². The van der Waals surface area contributed by atoms with Gasteiger partial charge in [0.15, 0.2) is 11.6 Å². The molecule has 0 aliphatic rings. The van der Waals surface area contributed by atoms with E-state index in [9.17, 15) is 12.8 Å². The number of ether oxygens (including phenoxy) is 1. The molecule has 3 aromatic rings. The highest BCUT2D eigenvalue weighted by Crippen LogP contribution is 2.24. The van der Waals surface area contributed by atoms with Gasteiger partial charge in [-0.3, -0.25) is 4.68 Å². The lowest BCUT2D eigenvalue weighted by Crippen LogP contribution is -2.31. The largest absolute Gasteiger partial charge is 0.491 e. The summed E-state index contributed by atoms with van der Waals surface area (Å²) in [4.78, 5) is 0.818. The molecular weight excluding hydrogens is 377 g/mol. The molecule has 0 radical (unpaired) electrons. The first-order valence-electron chi connectivity index (χ1n) is 7.96. The van der Waals surface area contributed by atoms with Crippen molar-refractivity contribution in [3.05, 3.63) is 64.9 Å². The van der Waals surface area contributed by atoms with Gasteiger partial charge in [0.25, 0.3) is 0 Å². The zero-order valence-corrected chi connectivity index (χ0v) is 15.6. The monoisotopic (exact) mass is 395 g/mol. The molecule has 1 atom stereocenters. The maximum absolute atomic E-state index is 14.0. The number of thiophene rings is 1. The fourth-order valence-electron chi connectivity index (χ4n) is 2.46. The Bertz CT molecular complexity index is 908. The number of rotatable bonds is 8. The van der Waals surface area contributed by atoms with Gasteiger partial charge in [0.1, 0.15) is 0 Å². The summed E-state index contributed by atoms with van der Waals surface area (Å²) in [6.45, 7) is 2.12. The van der Waals surface area contributed by atoms with Crippen LogP contribution >= 0.6 is 11.3 Å². The Morgan fingerprint density at radius 3 is 2.81 bits per heavy atom. The third kappa shape index (κ3) is 4.12. The van der Waals surface area contributed by atoms with Gasteiger partial charge < -0.3 is 4.74 Å². The van der Waals surface area contributed by atoms with Gasteiger partial charge in [-0.15, -0.1) is 11.3 Å². The predicted octanol–water partition coefficient (Wildman–Crippen LogP) is 3.05. The number of hydrogen-bond acceptors (Lipinski definition) is 5. The first kappa shape index (κ1) is 18.6. The van der Waals surface area contributed by atoms with E-state index < -0.39 is 15.8 Å². The standard InChI is InChI=1S/C17H18FN3O3S2/c1-2-24-16-7-6-13(11-14(16)18)26(22,23)20-12-15(17-5-3-10-25-17)21-9-4-8-19-21/h3-11,15,20H,2,12H2,1H3. The topological polar surface area (TPSA) is 73.2 Å². The summed E-state index contributed by atoms with van der Waals surface area (Å²) in [6.07, 6.45) is 3.41. The number of benzene rings is 1. The smallest absolute Gasteiger partial charge is 0.240 e. The SMILES string of the molecule is CCOc1ccc(S(=O)(=O)NCC(c2cccs2)n2cccn2)cc1F. The second-order valence-corrected chi connectivity index (χ2v) is 8.14. The van der Waals surface area contributed by atoms with Gasteiger partial charge in [0.05, 0.1) is 17.5 Å². The van der Waals surface area contributed by atoms with E-state index in [0.29, 0.717) is 6.61 Å². The second kappa shape index (κ2) is 7.98. The normalized spacial score (nSPS) is 12.8. The number of nitrogens with one attached hydrogen (secondary N) is 1. The molecule has 0 fully saturated rings. The van der Waals surface area contributed by atoms with Gasteiger partial charge in [-0.05, 0) is 42.6 Å². The van der Waals surface area contributed by atoms with Crippen molar-refractivity contribution in [2.45, 2.75) is 17.9 Å². The zero-order chi connectivity index (χ0) is 18.6. The van der Waals surface area contributed by atoms with Gasteiger partial charge in [-0.1, -0.05) is 6.07 Å². The lowest BCUT2D eigenvalue weighted by Gasteiger charge is -2.17. The summed E-state index contributed by atoms with van der Waals surface area (Å²) in [5.74, 6) is -0.684. The Hall–Kier alpha value is -2.23. The Balaban J connectivity index is 1.79. The van der Waals surface area contributed by atoms with Crippen LogP contribution in [0.4, 0.5) is 4.39 Å². The van der Waals surface area contributed by atoms with Crippen LogP contribution in [0.15, 0.2) is 59.1 Å². The molecule has 26 heavy (non-hydrogen) atoms. The van der Waals surface area contributed by atoms with Crippen LogP contribution in [-0.2, 0) is 10.0 Å². The molecule has 2 aromatic heterocycles. The number of sulfonamides is 1. The summed E-state index contributed by atoms with van der Waals surface area (Å²) >= 11 is 1.51. The van der Waals surface area contributed by atoms with E-state index in [-0.39, 0.29) is 23.2 Å². The quantitative estimate of drug-likeness (QED) is 0.636. The van der Waals surface area contributed by atoms with E-state index in [0.717, 1.165) is 10.9 Å². The Morgan fingerprint density at radius 1 is 1.35 bits per heavy atom. The number of aromatic nitrogens is 2. The van der Waals surface area contributed by atoms with Gasteiger partial charge in [-0.2, -0.15) is 5.10 Å². The third-order valence-corrected chi connectivity index (χ3v) is 6.09. The molecule has 138 valence electrons. The zero-order valence-electron chi connectivity index (χ0n) is 14.0. The van der Waals surface area contributed by atoms with E-state index in [1.54, 1.807) is 30.1 Å². The molecule has 0 spiro atoms. The fraction of sp³-hybridized carbons (Fsp3) is 0.235. The molecule has 0 saturated carbocycles. The summed E-state index contributed by atoms with van der Waals surface area (Å²) in [5, 5.41) is 6.12. The minimum Gasteiger partial charge on any atom is -0.491 e. The minimum atomic E-state index is -3.87. The first-order chi connectivity index (χ1) is 12.5. The lowest BCUT2D eigenvalue weighted by molar-refractivity contribution is 0.321. The van der Waals surface area contributed by atoms with Crippen molar-refractivity contribution in [3.8, 4) is 5.75 Å². The van der Waals surface area contributed by atoms with Gasteiger partial charge >= 0.3 is 0 Å². The van der Waals surface area contributed by atoms with Crippen molar-refractivity contribution in [2.75, 3.05) is 13.2 Å². The molecule has 3 rings (SSSR count). The fourth-order valence-corrected chi connectivity index (χ4v) is 4.33. The van der Waals surface area contributed by atoms with Crippen molar-refractivity contribution in [3.63, 3.8) is 0 Å². The van der Waals surface area contributed by atoms with Crippen molar-refractivity contribution >= 4 is 21.4 Å². The van der Waals surface area contributed by atoms with Crippen molar-refractivity contribution < 1.29 is 17.5 Å². The first-order valence-corrected chi connectivity index (χ1v) is 10.3. The average Bonchev–Trinajstić information content (AvgIpc) is 3.31. The Morgan fingerprint density at radius 2 is 2.19 bits per heavy atom. The van der Waals surface area contributed by atoms with Gasteiger partial charge in [-0.25, -0.2) is 17.5 Å². The molecule has 0 bridgehead atoms. The lowest BCUT2D eigenvalue weighted by atomic mass is 10.2. The average molecular weight is 395 g/mol. The van der Waals surface area contributed by atoms with Crippen LogP contribution < -0.4 is 9.46 Å². The number of hydrogen-bond donors (Lipinski definition) is 1. The molecule has 1 unspecified atom stereocenters. The van der Waals surface area contributed by atoms with Crippen molar-refractivity contribution in [1.29, 1.82) is 0 Å². The molecule has 1 N–H and O–H groups in total. The third-order valence-electron chi connectivity index (χ3n) is 3.70. The van der Waals surface area contributed by atoms with E-state index in [1.807, 2.05) is 17.5 Å². The van der Waals surface area contributed by atoms with Gasteiger partial charge in [0.2, 0.25) is 10.0 Å². The van der Waals surface area contributed by atoms with Crippen LogP contribution in [0.5, 0.6) is 5.75 Å². The highest BCUT2D eigenvalue weighted by molar-refractivity contribution is 7.89. The molecule has 0 amide bonds. The molecule has 6 nitrogen and oxygen atoms in total. The van der Waals surface area contributed by atoms with Crippen LogP contribution in [0.3, 0.4) is 0 Å². The maximum atomic E-state index is 14.0. The van der Waals surface area contributed by atoms with Crippen molar-refractivity contribution in [2.24, 2.45) is 0 Å². The summed E-state index contributed by atoms with van der Waals surface area (Å²) in [7, 11) is -3.87. The molecule has 0 aliphatic heterocycles. The minimum absolute atomic E-state index is 0.0273. The van der Waals surface area contributed by atoms with E-state index >= 15 is 0 Å². The van der Waals surface area contributed by atoms with Crippen LogP contribution in [0.1, 0.15) is 17.8 Å². The molecule has 1 aromatic carbocycles. The summed E-state index contributed by atoms with van der Waals surface area (Å²) in [6, 6.07) is 8.90. The predicted molar refractivity (Wildman–Crippen MR) is 97.4 cm³/mol. The second-order valence-electron chi connectivity index (χ2n) is 5.39. The molecule has 2 heterocycles. The van der Waals surface area contributed by atoms with Crippen LogP contribution in [0.25, 0.3) is 0 Å². The highest BCUT2D eigenvalue weighted by atomic mass is 32.2. The summed E-state index contributed by atoms with van der Waals surface area (Å²) < 4.78 is 48.4. The Kier molecular flexibility index (Phi) is 5.70. The number of halogens is 1. The maximum Gasteiger partial charge on any atom is 0.240 e. The van der Waals surface area contributed by atoms with Crippen molar-refractivity contribution in [1.82, 2.24) is 14.5 Å². The summed E-state index contributed by atoms with van der Waals surface area (Å²) in [5.41, 5.74) is 0. The molecular formula is C17H18FN3O3S2. The van der Waals surface area contributed by atoms with Gasteiger partial charge in [0, 0.05) is 23.8 Å². The molecule has 9 heteroatoms. The van der Waals surface area contributed by atoms with E-state index in [4.69, 9.17) is 4.74 Å². The molecule has 0 saturated heterocycles. The number of nitrogens with zero attached hydrogens (tertiary/aromatic N) is 2. The Labute approximate surface area is 155 Å². The van der Waals surface area contributed by atoms with E-state index in [2.05, 4.69) is 9.82 Å². The highest BCUT2D eigenvalue weighted by Gasteiger charge is 2.21.